The summed E-state index contributed by atoms with van der Waals surface area (Å²) in [5, 5.41) is 3.12. The molecule has 0 spiro atoms. The molecule has 12 heteroatoms. The molecule has 190 valence electrons. The van der Waals surface area contributed by atoms with E-state index in [2.05, 4.69) is 20.0 Å². The standard InChI is InChI=1S/C25H22ClN5O5S/c1-16-13-17(2)28-25(27-16)30-37(34,35)21-10-8-20(9-11-21)29-23(32)22-7-4-12-31(24(22)33)36-15-18-5-3-6-19(26)14-18/h3-14H,15H2,1-2H3,(H,29,32)(H,27,28,30). The minimum atomic E-state index is -3.95. The summed E-state index contributed by atoms with van der Waals surface area (Å²) in [7, 11) is -3.95. The molecule has 0 saturated carbocycles. The van der Waals surface area contributed by atoms with Crippen LogP contribution in [0.2, 0.25) is 5.02 Å². The molecule has 2 aromatic carbocycles. The Morgan fingerprint density at radius 2 is 1.70 bits per heavy atom. The number of sulfonamides is 1. The first kappa shape index (κ1) is 25.9. The number of carbonyl (C=O) groups is 1. The molecule has 0 saturated heterocycles. The molecule has 0 fully saturated rings. The normalized spacial score (nSPS) is 11.1. The SMILES string of the molecule is Cc1cc(C)nc(NS(=O)(=O)c2ccc(NC(=O)c3cccn(OCc4cccc(Cl)c4)c3=O)cc2)n1. The third-order valence-electron chi connectivity index (χ3n) is 5.05. The summed E-state index contributed by atoms with van der Waals surface area (Å²) in [4.78, 5) is 39.1. The highest BCUT2D eigenvalue weighted by atomic mass is 35.5. The summed E-state index contributed by atoms with van der Waals surface area (Å²) in [5.74, 6) is -0.712. The van der Waals surface area contributed by atoms with Gasteiger partial charge in [-0.25, -0.2) is 23.1 Å². The van der Waals surface area contributed by atoms with Gasteiger partial charge < -0.3 is 10.2 Å². The van der Waals surface area contributed by atoms with Crippen molar-refractivity contribution in [3.05, 3.63) is 111 Å². The third kappa shape index (κ3) is 6.51. The first-order valence-corrected chi connectivity index (χ1v) is 12.8. The zero-order valence-electron chi connectivity index (χ0n) is 19.8. The van der Waals surface area contributed by atoms with Crippen molar-refractivity contribution in [2.24, 2.45) is 0 Å². The highest BCUT2D eigenvalue weighted by molar-refractivity contribution is 7.92. The summed E-state index contributed by atoms with van der Waals surface area (Å²) >= 11 is 5.96. The molecule has 0 radical (unpaired) electrons. The maximum absolute atomic E-state index is 12.7. The van der Waals surface area contributed by atoms with E-state index in [9.17, 15) is 18.0 Å². The zero-order chi connectivity index (χ0) is 26.6. The van der Waals surface area contributed by atoms with Crippen LogP contribution in [0.4, 0.5) is 11.6 Å². The smallest absolute Gasteiger partial charge is 0.295 e. The Balaban J connectivity index is 1.44. The van der Waals surface area contributed by atoms with Gasteiger partial charge in [-0.1, -0.05) is 23.7 Å². The van der Waals surface area contributed by atoms with Crippen LogP contribution in [0, 0.1) is 13.8 Å². The number of rotatable bonds is 8. The molecule has 0 bridgehead atoms. The lowest BCUT2D eigenvalue weighted by atomic mass is 10.2. The molecule has 1 amide bonds. The van der Waals surface area contributed by atoms with Crippen LogP contribution in [0.15, 0.2) is 82.6 Å². The average molecular weight is 540 g/mol. The quantitative estimate of drug-likeness (QED) is 0.349. The van der Waals surface area contributed by atoms with Gasteiger partial charge in [-0.3, -0.25) is 9.59 Å². The van der Waals surface area contributed by atoms with Crippen molar-refractivity contribution < 1.29 is 18.0 Å². The van der Waals surface area contributed by atoms with Crippen LogP contribution in [0.25, 0.3) is 0 Å². The number of carbonyl (C=O) groups excluding carboxylic acids is 1. The van der Waals surface area contributed by atoms with Crippen molar-refractivity contribution in [2.75, 3.05) is 10.0 Å². The van der Waals surface area contributed by atoms with Gasteiger partial charge in [0.05, 0.1) is 4.90 Å². The largest absolute Gasteiger partial charge is 0.406 e. The van der Waals surface area contributed by atoms with Crippen LogP contribution in [-0.2, 0) is 16.6 Å². The number of hydrogen-bond donors (Lipinski definition) is 2. The Hall–Kier alpha value is -4.22. The van der Waals surface area contributed by atoms with Crippen LogP contribution < -0.4 is 20.4 Å². The number of nitrogens with one attached hydrogen (secondary N) is 2. The number of amides is 1. The van der Waals surface area contributed by atoms with E-state index in [1.807, 2.05) is 0 Å². The summed E-state index contributed by atoms with van der Waals surface area (Å²) < 4.78 is 28.7. The lowest BCUT2D eigenvalue weighted by molar-refractivity contribution is 0.0863. The maximum Gasteiger partial charge on any atom is 0.295 e. The fourth-order valence-corrected chi connectivity index (χ4v) is 4.54. The van der Waals surface area contributed by atoms with E-state index in [1.165, 1.54) is 42.6 Å². The lowest BCUT2D eigenvalue weighted by Gasteiger charge is -2.11. The maximum atomic E-state index is 12.7. The third-order valence-corrected chi connectivity index (χ3v) is 6.63. The molecule has 0 aliphatic heterocycles. The monoisotopic (exact) mass is 539 g/mol. The van der Waals surface area contributed by atoms with E-state index >= 15 is 0 Å². The van der Waals surface area contributed by atoms with Crippen molar-refractivity contribution in [1.29, 1.82) is 0 Å². The second kappa shape index (κ2) is 10.8. The summed E-state index contributed by atoms with van der Waals surface area (Å²) in [6.07, 6.45) is 1.40. The highest BCUT2D eigenvalue weighted by Gasteiger charge is 2.17. The second-order valence-corrected chi connectivity index (χ2v) is 10.1. The molecule has 4 rings (SSSR count). The zero-order valence-corrected chi connectivity index (χ0v) is 21.4. The molecular formula is C25H22ClN5O5S. The number of aryl methyl sites for hydroxylation is 2. The molecule has 4 aromatic rings. The Morgan fingerprint density at radius 1 is 1.00 bits per heavy atom. The number of nitrogens with zero attached hydrogens (tertiary/aromatic N) is 3. The number of pyridine rings is 1. The molecule has 2 N–H and O–H groups in total. The van der Waals surface area contributed by atoms with E-state index in [0.717, 1.165) is 10.3 Å². The topological polar surface area (TPSA) is 132 Å². The van der Waals surface area contributed by atoms with Crippen LogP contribution in [0.1, 0.15) is 27.3 Å². The van der Waals surface area contributed by atoms with Gasteiger partial charge in [0.15, 0.2) is 0 Å². The van der Waals surface area contributed by atoms with Gasteiger partial charge in [0.2, 0.25) is 5.95 Å². The fourth-order valence-electron chi connectivity index (χ4n) is 3.39. The minimum Gasteiger partial charge on any atom is -0.406 e. The first-order valence-electron chi connectivity index (χ1n) is 11.0. The Morgan fingerprint density at radius 3 is 2.38 bits per heavy atom. The van der Waals surface area contributed by atoms with E-state index in [1.54, 1.807) is 44.2 Å². The minimum absolute atomic E-state index is 0.0344. The van der Waals surface area contributed by atoms with Gasteiger partial charge in [-0.05, 0) is 74.0 Å². The number of anilines is 2. The Bertz CT molecular complexity index is 1600. The van der Waals surface area contributed by atoms with Crippen LogP contribution in [0.3, 0.4) is 0 Å². The van der Waals surface area contributed by atoms with Crippen molar-refractivity contribution in [2.45, 2.75) is 25.3 Å². The van der Waals surface area contributed by atoms with Crippen molar-refractivity contribution in [3.8, 4) is 0 Å². The van der Waals surface area contributed by atoms with Gasteiger partial charge in [0, 0.05) is 28.3 Å². The number of hydrogen-bond acceptors (Lipinski definition) is 7. The summed E-state index contributed by atoms with van der Waals surface area (Å²) in [5.41, 5.74) is 1.48. The number of aromatic nitrogens is 3. The van der Waals surface area contributed by atoms with Gasteiger partial charge in [0.25, 0.3) is 21.5 Å². The van der Waals surface area contributed by atoms with Crippen LogP contribution in [0.5, 0.6) is 0 Å². The van der Waals surface area contributed by atoms with E-state index in [4.69, 9.17) is 16.4 Å². The van der Waals surface area contributed by atoms with Crippen molar-refractivity contribution >= 4 is 39.2 Å². The van der Waals surface area contributed by atoms with E-state index in [0.29, 0.717) is 22.1 Å². The summed E-state index contributed by atoms with van der Waals surface area (Å²) in [6, 6.07) is 17.0. The predicted octanol–water partition coefficient (Wildman–Crippen LogP) is 3.59. The van der Waals surface area contributed by atoms with Crippen LogP contribution >= 0.6 is 11.6 Å². The van der Waals surface area contributed by atoms with Gasteiger partial charge in [-0.2, -0.15) is 4.73 Å². The average Bonchev–Trinajstić information content (AvgIpc) is 2.83. The van der Waals surface area contributed by atoms with Gasteiger partial charge >= 0.3 is 0 Å². The molecule has 0 unspecified atom stereocenters. The molecule has 2 heterocycles. The van der Waals surface area contributed by atoms with E-state index < -0.39 is 21.5 Å². The van der Waals surface area contributed by atoms with E-state index in [-0.39, 0.29) is 23.0 Å². The Labute approximate surface area is 217 Å². The molecule has 10 nitrogen and oxygen atoms in total. The fraction of sp³-hybridized carbons (Fsp3) is 0.120. The number of halogens is 1. The molecular weight excluding hydrogens is 518 g/mol. The second-order valence-electron chi connectivity index (χ2n) is 8.01. The van der Waals surface area contributed by atoms with Crippen molar-refractivity contribution in [3.63, 3.8) is 0 Å². The molecule has 0 aliphatic rings. The van der Waals surface area contributed by atoms with Gasteiger partial charge in [-0.15, -0.1) is 0 Å². The molecule has 37 heavy (non-hydrogen) atoms. The van der Waals surface area contributed by atoms with Crippen molar-refractivity contribution in [1.82, 2.24) is 14.7 Å². The predicted molar refractivity (Wildman–Crippen MR) is 139 cm³/mol. The molecule has 2 aromatic heterocycles. The van der Waals surface area contributed by atoms with Gasteiger partial charge in [0.1, 0.15) is 12.2 Å². The van der Waals surface area contributed by atoms with Crippen LogP contribution in [-0.4, -0.2) is 29.0 Å². The Kier molecular flexibility index (Phi) is 7.55. The number of benzene rings is 2. The lowest BCUT2D eigenvalue weighted by Crippen LogP contribution is -2.32. The first-order chi connectivity index (χ1) is 17.6. The molecule has 0 atom stereocenters. The highest BCUT2D eigenvalue weighted by Crippen LogP contribution is 2.17. The molecule has 0 aliphatic carbocycles. The summed E-state index contributed by atoms with van der Waals surface area (Å²) in [6.45, 7) is 3.54.